The molecule has 0 radical (unpaired) electrons. The molecule has 5 heteroatoms. The van der Waals surface area contributed by atoms with Gasteiger partial charge in [-0.15, -0.1) is 0 Å². The Hall–Kier alpha value is -1.75. The fraction of sp³-hybridized carbons (Fsp3) is 0.400. The second kappa shape index (κ2) is 6.13. The van der Waals surface area contributed by atoms with E-state index in [9.17, 15) is 8.78 Å². The molecule has 108 valence electrons. The number of H-pyrrole nitrogens is 1. The number of hydrogen-bond donors (Lipinski definition) is 2. The number of rotatable bonds is 5. The normalized spacial score (nSPS) is 14.2. The molecule has 0 saturated heterocycles. The number of hydrogen-bond acceptors (Lipinski definition) is 2. The molecular weight excluding hydrogens is 260 g/mol. The van der Waals surface area contributed by atoms with Gasteiger partial charge in [-0.05, 0) is 38.0 Å². The number of aromatic nitrogens is 2. The summed E-state index contributed by atoms with van der Waals surface area (Å²) in [5.41, 5.74) is 0.648. The van der Waals surface area contributed by atoms with Crippen molar-refractivity contribution in [1.29, 1.82) is 0 Å². The van der Waals surface area contributed by atoms with Gasteiger partial charge in [0, 0.05) is 24.0 Å². The molecule has 0 aliphatic carbocycles. The van der Waals surface area contributed by atoms with Crippen molar-refractivity contribution in [2.75, 3.05) is 0 Å². The van der Waals surface area contributed by atoms with Crippen molar-refractivity contribution in [3.63, 3.8) is 0 Å². The lowest BCUT2D eigenvalue weighted by molar-refractivity contribution is 0.427. The first-order valence-electron chi connectivity index (χ1n) is 6.73. The Morgan fingerprint density at radius 2 is 2.05 bits per heavy atom. The van der Waals surface area contributed by atoms with Crippen LogP contribution in [0.3, 0.4) is 0 Å². The summed E-state index contributed by atoms with van der Waals surface area (Å²) in [6.45, 7) is 5.38. The average molecular weight is 279 g/mol. The van der Waals surface area contributed by atoms with E-state index in [0.717, 1.165) is 12.2 Å². The van der Waals surface area contributed by atoms with Crippen LogP contribution in [0.1, 0.15) is 49.3 Å². The van der Waals surface area contributed by atoms with Crippen LogP contribution in [-0.2, 0) is 0 Å². The third-order valence-electron chi connectivity index (χ3n) is 3.45. The first-order valence-corrected chi connectivity index (χ1v) is 6.73. The van der Waals surface area contributed by atoms with Gasteiger partial charge in [-0.3, -0.25) is 0 Å². The maximum Gasteiger partial charge on any atom is 0.128 e. The minimum absolute atomic E-state index is 0.0243. The molecular formula is C15H19F2N3. The molecule has 1 aromatic heterocycles. The minimum atomic E-state index is -0.391. The van der Waals surface area contributed by atoms with E-state index in [-0.39, 0.29) is 17.9 Å². The third kappa shape index (κ3) is 3.04. The van der Waals surface area contributed by atoms with Crippen LogP contribution in [0, 0.1) is 18.6 Å². The van der Waals surface area contributed by atoms with Gasteiger partial charge >= 0.3 is 0 Å². The van der Waals surface area contributed by atoms with Gasteiger partial charge in [-0.1, -0.05) is 6.92 Å². The molecule has 3 nitrogen and oxygen atoms in total. The molecule has 1 heterocycles. The first-order chi connectivity index (χ1) is 9.52. The van der Waals surface area contributed by atoms with Crippen LogP contribution >= 0.6 is 0 Å². The monoisotopic (exact) mass is 279 g/mol. The second-order valence-corrected chi connectivity index (χ2v) is 4.95. The highest BCUT2D eigenvalue weighted by Crippen LogP contribution is 2.24. The van der Waals surface area contributed by atoms with E-state index in [2.05, 4.69) is 15.3 Å². The summed E-state index contributed by atoms with van der Waals surface area (Å²) >= 11 is 0. The summed E-state index contributed by atoms with van der Waals surface area (Å²) in [6, 6.07) is 2.16. The minimum Gasteiger partial charge on any atom is -0.347 e. The van der Waals surface area contributed by atoms with Crippen LogP contribution in [0.15, 0.2) is 24.5 Å². The standard InChI is InChI=1S/C15H19F2N3/c1-4-14(15-18-5-6-19-15)20-10(3)11-8-12(16)9(2)7-13(11)17/h5-8,10,14,20H,4H2,1-3H3,(H,18,19). The highest BCUT2D eigenvalue weighted by atomic mass is 19.1. The van der Waals surface area contributed by atoms with Gasteiger partial charge in [0.05, 0.1) is 6.04 Å². The van der Waals surface area contributed by atoms with Crippen LogP contribution in [0.25, 0.3) is 0 Å². The van der Waals surface area contributed by atoms with E-state index in [1.54, 1.807) is 19.3 Å². The number of nitrogens with zero attached hydrogens (tertiary/aromatic N) is 1. The Bertz CT molecular complexity index is 567. The lowest BCUT2D eigenvalue weighted by Crippen LogP contribution is -2.26. The van der Waals surface area contributed by atoms with Gasteiger partial charge in [-0.2, -0.15) is 0 Å². The number of aromatic amines is 1. The summed E-state index contributed by atoms with van der Waals surface area (Å²) in [4.78, 5) is 7.24. The quantitative estimate of drug-likeness (QED) is 0.874. The van der Waals surface area contributed by atoms with Crippen LogP contribution in [-0.4, -0.2) is 9.97 Å². The van der Waals surface area contributed by atoms with Gasteiger partial charge in [-0.25, -0.2) is 13.8 Å². The fourth-order valence-electron chi connectivity index (χ4n) is 2.24. The number of benzene rings is 1. The number of nitrogens with one attached hydrogen (secondary N) is 2. The topological polar surface area (TPSA) is 40.7 Å². The predicted octanol–water partition coefficient (Wildman–Crippen LogP) is 3.80. The molecule has 2 unspecified atom stereocenters. The lowest BCUT2D eigenvalue weighted by atomic mass is 10.0. The molecule has 0 aliphatic rings. The molecule has 20 heavy (non-hydrogen) atoms. The molecule has 2 rings (SSSR count). The molecule has 0 fully saturated rings. The van der Waals surface area contributed by atoms with Crippen molar-refractivity contribution < 1.29 is 8.78 Å². The Kier molecular flexibility index (Phi) is 4.49. The molecule has 0 spiro atoms. The maximum absolute atomic E-state index is 13.9. The summed E-state index contributed by atoms with van der Waals surface area (Å²) in [7, 11) is 0. The summed E-state index contributed by atoms with van der Waals surface area (Å²) < 4.78 is 27.5. The zero-order valence-electron chi connectivity index (χ0n) is 11.9. The number of imidazole rings is 1. The van der Waals surface area contributed by atoms with Gasteiger partial charge in [0.1, 0.15) is 17.5 Å². The average Bonchev–Trinajstić information content (AvgIpc) is 2.93. The molecule has 2 N–H and O–H groups in total. The van der Waals surface area contributed by atoms with E-state index in [1.807, 2.05) is 13.8 Å². The smallest absolute Gasteiger partial charge is 0.128 e. The van der Waals surface area contributed by atoms with Crippen molar-refractivity contribution in [3.05, 3.63) is 53.1 Å². The van der Waals surface area contributed by atoms with Crippen molar-refractivity contribution in [2.24, 2.45) is 0 Å². The Morgan fingerprint density at radius 3 is 2.65 bits per heavy atom. The van der Waals surface area contributed by atoms with E-state index in [1.165, 1.54) is 12.1 Å². The fourth-order valence-corrected chi connectivity index (χ4v) is 2.24. The van der Waals surface area contributed by atoms with Gasteiger partial charge in [0.15, 0.2) is 0 Å². The Labute approximate surface area is 117 Å². The Morgan fingerprint density at radius 1 is 1.30 bits per heavy atom. The molecule has 2 atom stereocenters. The zero-order chi connectivity index (χ0) is 14.7. The van der Waals surface area contributed by atoms with Crippen LogP contribution in [0.5, 0.6) is 0 Å². The van der Waals surface area contributed by atoms with E-state index >= 15 is 0 Å². The van der Waals surface area contributed by atoms with Crippen molar-refractivity contribution in [3.8, 4) is 0 Å². The molecule has 1 aromatic carbocycles. The van der Waals surface area contributed by atoms with Crippen molar-refractivity contribution in [2.45, 2.75) is 39.3 Å². The zero-order valence-corrected chi connectivity index (χ0v) is 11.9. The van der Waals surface area contributed by atoms with Crippen LogP contribution < -0.4 is 5.32 Å². The molecule has 0 amide bonds. The number of aryl methyl sites for hydroxylation is 1. The highest BCUT2D eigenvalue weighted by Gasteiger charge is 2.19. The predicted molar refractivity (Wildman–Crippen MR) is 74.3 cm³/mol. The van der Waals surface area contributed by atoms with Crippen molar-refractivity contribution >= 4 is 0 Å². The lowest BCUT2D eigenvalue weighted by Gasteiger charge is -2.22. The van der Waals surface area contributed by atoms with Crippen LogP contribution in [0.4, 0.5) is 8.78 Å². The van der Waals surface area contributed by atoms with Gasteiger partial charge in [0.25, 0.3) is 0 Å². The second-order valence-electron chi connectivity index (χ2n) is 4.95. The molecule has 0 saturated carbocycles. The first kappa shape index (κ1) is 14.7. The highest BCUT2D eigenvalue weighted by molar-refractivity contribution is 5.27. The van der Waals surface area contributed by atoms with E-state index in [0.29, 0.717) is 11.1 Å². The Balaban J connectivity index is 2.19. The van der Waals surface area contributed by atoms with Crippen LogP contribution in [0.2, 0.25) is 0 Å². The van der Waals surface area contributed by atoms with Crippen molar-refractivity contribution in [1.82, 2.24) is 15.3 Å². The van der Waals surface area contributed by atoms with Gasteiger partial charge < -0.3 is 10.3 Å². The van der Waals surface area contributed by atoms with Gasteiger partial charge in [0.2, 0.25) is 0 Å². The summed E-state index contributed by atoms with van der Waals surface area (Å²) in [6.07, 6.45) is 4.22. The third-order valence-corrected chi connectivity index (χ3v) is 3.45. The summed E-state index contributed by atoms with van der Waals surface area (Å²) in [5, 5.41) is 3.27. The maximum atomic E-state index is 13.9. The number of halogens is 2. The molecule has 0 aliphatic heterocycles. The largest absolute Gasteiger partial charge is 0.347 e. The van der Waals surface area contributed by atoms with E-state index < -0.39 is 5.82 Å². The SMILES string of the molecule is CCC(NC(C)c1cc(F)c(C)cc1F)c1ncc[nH]1. The summed E-state index contributed by atoms with van der Waals surface area (Å²) in [5.74, 6) is 0.0200. The van der Waals surface area contributed by atoms with E-state index in [4.69, 9.17) is 0 Å². The molecule has 0 bridgehead atoms. The molecule has 2 aromatic rings.